The first kappa shape index (κ1) is 32.9. The summed E-state index contributed by atoms with van der Waals surface area (Å²) in [6.07, 6.45) is 0.563. The molecular formula is C35H39N5O8Si. The van der Waals surface area contributed by atoms with Crippen molar-refractivity contribution < 1.29 is 29.2 Å². The molecule has 3 aliphatic rings. The van der Waals surface area contributed by atoms with E-state index in [-0.39, 0.29) is 42.8 Å². The smallest absolute Gasteiger partial charge is 0.279 e. The molecule has 5 atom stereocenters. The molecule has 2 amide bonds. The number of nitro groups is 1. The van der Waals surface area contributed by atoms with E-state index in [4.69, 9.17) is 4.74 Å². The molecule has 0 unspecified atom stereocenters. The van der Waals surface area contributed by atoms with Crippen molar-refractivity contribution in [3.8, 4) is 5.69 Å². The fraction of sp³-hybridized carbons (Fsp3) is 0.400. The summed E-state index contributed by atoms with van der Waals surface area (Å²) in [5.74, 6) is -1.25. The van der Waals surface area contributed by atoms with Crippen molar-refractivity contribution in [2.75, 3.05) is 18.1 Å². The van der Waals surface area contributed by atoms with E-state index < -0.39 is 42.3 Å². The van der Waals surface area contributed by atoms with Gasteiger partial charge in [0.15, 0.2) is 13.9 Å². The zero-order valence-electron chi connectivity index (χ0n) is 27.5. The summed E-state index contributed by atoms with van der Waals surface area (Å²) in [4.78, 5) is 67.5. The Kier molecular flexibility index (Phi) is 8.09. The van der Waals surface area contributed by atoms with Crippen LogP contribution in [0.15, 0.2) is 71.5 Å². The Bertz CT molecular complexity index is 2020. The lowest BCUT2D eigenvalue weighted by Crippen LogP contribution is -2.46. The number of carbonyl (C=O) groups is 2. The molecule has 1 aromatic heterocycles. The average molecular weight is 686 g/mol. The molecule has 2 saturated heterocycles. The quantitative estimate of drug-likeness (QED) is 0.142. The van der Waals surface area contributed by atoms with Gasteiger partial charge in [0, 0.05) is 35.7 Å². The van der Waals surface area contributed by atoms with Gasteiger partial charge < -0.3 is 24.4 Å². The highest BCUT2D eigenvalue weighted by Gasteiger charge is 2.66. The van der Waals surface area contributed by atoms with Gasteiger partial charge in [-0.25, -0.2) is 4.68 Å². The second-order valence-electron chi connectivity index (χ2n) is 13.9. The molecule has 4 aromatic rings. The standard InChI is InChI=1S/C35H39N5O8Si/c1-21-32(49(2,3)47)30(18-31(42)37-16-6-7-25(37)20-41)48-35(21)27-17-24(40(45)46)14-15-29(27)38(34(35)44)19-22-10-12-23(13-11-22)39-33(43)26-8-4-5-9-28(26)36-39/h4-5,8-15,17,21,25,30,32,36,41,47H,6-7,16,18-20H2,1-3H3/t21-,25-,30+,32-,35+/m0/s1. The highest BCUT2D eigenvalue weighted by Crippen LogP contribution is 2.60. The van der Waals surface area contributed by atoms with E-state index in [1.165, 1.54) is 16.8 Å². The molecule has 0 aliphatic carbocycles. The Morgan fingerprint density at radius 2 is 1.86 bits per heavy atom. The number of likely N-dealkylation sites (tertiary alicyclic amines) is 1. The number of para-hydroxylation sites is 1. The fourth-order valence-electron chi connectivity index (χ4n) is 8.35. The van der Waals surface area contributed by atoms with Crippen LogP contribution in [-0.4, -0.2) is 74.9 Å². The van der Waals surface area contributed by atoms with Gasteiger partial charge in [-0.2, -0.15) is 0 Å². The molecule has 4 heterocycles. The first-order valence-corrected chi connectivity index (χ1v) is 19.6. The molecule has 3 N–H and O–H groups in total. The number of anilines is 1. The number of rotatable bonds is 8. The number of hydrogen-bond acceptors (Lipinski definition) is 8. The molecule has 0 saturated carbocycles. The summed E-state index contributed by atoms with van der Waals surface area (Å²) in [7, 11) is -3.09. The molecule has 14 heteroatoms. The Balaban J connectivity index is 1.24. The van der Waals surface area contributed by atoms with Gasteiger partial charge in [-0.3, -0.25) is 29.6 Å². The molecule has 3 aliphatic heterocycles. The van der Waals surface area contributed by atoms with Crippen LogP contribution in [0, 0.1) is 16.0 Å². The fourth-order valence-corrected chi connectivity index (χ4v) is 10.9. The van der Waals surface area contributed by atoms with Gasteiger partial charge in [-0.1, -0.05) is 31.2 Å². The molecule has 256 valence electrons. The summed E-state index contributed by atoms with van der Waals surface area (Å²) in [5.41, 5.74) is 0.284. The van der Waals surface area contributed by atoms with E-state index in [0.717, 1.165) is 12.0 Å². The normalized spacial score (nSPS) is 25.1. The van der Waals surface area contributed by atoms with Crippen LogP contribution < -0.4 is 10.5 Å². The van der Waals surface area contributed by atoms with Crippen LogP contribution in [0.2, 0.25) is 18.6 Å². The van der Waals surface area contributed by atoms with E-state index in [2.05, 4.69) is 5.10 Å². The summed E-state index contributed by atoms with van der Waals surface area (Å²) in [5, 5.41) is 25.5. The third kappa shape index (κ3) is 5.30. The van der Waals surface area contributed by atoms with Crippen molar-refractivity contribution >= 4 is 42.4 Å². The van der Waals surface area contributed by atoms with Gasteiger partial charge in [0.1, 0.15) is 0 Å². The highest BCUT2D eigenvalue weighted by molar-refractivity contribution is 6.71. The lowest BCUT2D eigenvalue weighted by atomic mass is 9.82. The van der Waals surface area contributed by atoms with Gasteiger partial charge in [0.05, 0.1) is 58.9 Å². The van der Waals surface area contributed by atoms with Crippen LogP contribution in [0.1, 0.15) is 37.3 Å². The number of aromatic nitrogens is 2. The first-order valence-electron chi connectivity index (χ1n) is 16.6. The van der Waals surface area contributed by atoms with E-state index in [9.17, 15) is 34.4 Å². The average Bonchev–Trinajstić information content (AvgIpc) is 3.81. The van der Waals surface area contributed by atoms with Gasteiger partial charge >= 0.3 is 0 Å². The van der Waals surface area contributed by atoms with Crippen LogP contribution in [0.3, 0.4) is 0 Å². The number of aliphatic hydroxyl groups is 1. The van der Waals surface area contributed by atoms with Crippen LogP contribution >= 0.6 is 0 Å². The van der Waals surface area contributed by atoms with E-state index in [0.29, 0.717) is 40.8 Å². The van der Waals surface area contributed by atoms with Gasteiger partial charge in [-0.05, 0) is 61.8 Å². The Labute approximate surface area is 283 Å². The van der Waals surface area contributed by atoms with Crippen LogP contribution in [0.5, 0.6) is 0 Å². The number of ether oxygens (including phenoxy) is 1. The molecule has 0 bridgehead atoms. The highest BCUT2D eigenvalue weighted by atomic mass is 28.4. The zero-order chi connectivity index (χ0) is 34.8. The van der Waals surface area contributed by atoms with E-state index in [1.807, 2.05) is 31.2 Å². The van der Waals surface area contributed by atoms with Crippen LogP contribution in [0.4, 0.5) is 11.4 Å². The van der Waals surface area contributed by atoms with Crippen molar-refractivity contribution in [1.82, 2.24) is 14.7 Å². The maximum absolute atomic E-state index is 14.8. The number of fused-ring (bicyclic) bond motifs is 3. The number of H-pyrrole nitrogens is 1. The van der Waals surface area contributed by atoms with Crippen molar-refractivity contribution in [2.45, 2.75) is 69.1 Å². The number of benzene rings is 3. The summed E-state index contributed by atoms with van der Waals surface area (Å²) < 4.78 is 8.19. The topological polar surface area (TPSA) is 171 Å². The minimum atomic E-state index is -3.09. The molecule has 13 nitrogen and oxygen atoms in total. The first-order chi connectivity index (χ1) is 23.3. The van der Waals surface area contributed by atoms with Crippen molar-refractivity contribution in [3.63, 3.8) is 0 Å². The van der Waals surface area contributed by atoms with Crippen molar-refractivity contribution in [2.24, 2.45) is 5.92 Å². The van der Waals surface area contributed by atoms with Crippen molar-refractivity contribution in [3.05, 3.63) is 98.3 Å². The number of nitrogens with one attached hydrogen (secondary N) is 1. The molecule has 3 aromatic carbocycles. The molecule has 49 heavy (non-hydrogen) atoms. The number of nitrogens with zero attached hydrogens (tertiary/aromatic N) is 4. The van der Waals surface area contributed by atoms with Gasteiger partial charge in [0.25, 0.3) is 17.2 Å². The number of aromatic amines is 1. The Morgan fingerprint density at radius 1 is 1.12 bits per heavy atom. The Morgan fingerprint density at radius 3 is 2.53 bits per heavy atom. The van der Waals surface area contributed by atoms with E-state index in [1.54, 1.807) is 53.2 Å². The number of non-ortho nitro benzene ring substituents is 1. The summed E-state index contributed by atoms with van der Waals surface area (Å²) in [6.45, 7) is 5.81. The van der Waals surface area contributed by atoms with Crippen LogP contribution in [0.25, 0.3) is 16.6 Å². The maximum atomic E-state index is 14.8. The molecule has 2 fully saturated rings. The lowest BCUT2D eigenvalue weighted by Gasteiger charge is -2.32. The molecule has 7 rings (SSSR count). The number of nitro benzene ring substituents is 1. The number of hydrogen-bond donors (Lipinski definition) is 3. The maximum Gasteiger partial charge on any atom is 0.279 e. The van der Waals surface area contributed by atoms with E-state index >= 15 is 0 Å². The van der Waals surface area contributed by atoms with Gasteiger partial charge in [-0.15, -0.1) is 0 Å². The summed E-state index contributed by atoms with van der Waals surface area (Å²) >= 11 is 0. The van der Waals surface area contributed by atoms with Gasteiger partial charge in [0.2, 0.25) is 5.91 Å². The number of carbonyl (C=O) groups excluding carboxylic acids is 2. The largest absolute Gasteiger partial charge is 0.432 e. The monoisotopic (exact) mass is 685 g/mol. The number of aliphatic hydroxyl groups excluding tert-OH is 1. The molecular weight excluding hydrogens is 646 g/mol. The second kappa shape index (κ2) is 12.1. The molecule has 1 spiro atoms. The minimum Gasteiger partial charge on any atom is -0.432 e. The third-order valence-corrected chi connectivity index (χ3v) is 13.1. The molecule has 0 radical (unpaired) electrons. The third-order valence-electron chi connectivity index (χ3n) is 10.6. The van der Waals surface area contributed by atoms with Crippen molar-refractivity contribution in [1.29, 1.82) is 0 Å². The predicted molar refractivity (Wildman–Crippen MR) is 184 cm³/mol. The number of amides is 2. The zero-order valence-corrected chi connectivity index (χ0v) is 28.5. The summed E-state index contributed by atoms with van der Waals surface area (Å²) in [6, 6.07) is 18.4. The SMILES string of the molecule is C[C@H]1[C@H]([Si](C)(C)O)[C@@H](CC(=O)N2CCC[C@H]2CO)O[C@]12C(=O)N(Cc1ccc(-n3[nH]c4ccccc4c3=O)cc1)c1ccc([N+](=O)[O-])cc12. The minimum absolute atomic E-state index is 0.0869. The predicted octanol–water partition coefficient (Wildman–Crippen LogP) is 3.95. The lowest BCUT2D eigenvalue weighted by molar-refractivity contribution is -0.385. The Hall–Kier alpha value is -4.63. The van der Waals surface area contributed by atoms with Crippen LogP contribution in [-0.2, 0) is 26.5 Å². The second-order valence-corrected chi connectivity index (χ2v) is 17.9.